The molecule has 1 heterocycles. The lowest BCUT2D eigenvalue weighted by Gasteiger charge is -2.30. The number of rotatable bonds is 2. The number of fused-ring (bicyclic) bond motifs is 1. The van der Waals surface area contributed by atoms with Crippen LogP contribution in [-0.4, -0.2) is 19.6 Å². The maximum Gasteiger partial charge on any atom is 0.322 e. The highest BCUT2D eigenvalue weighted by atomic mass is 16.2. The van der Waals surface area contributed by atoms with Gasteiger partial charge in [-0.3, -0.25) is 4.90 Å². The SMILES string of the molecule is CCN1C(=O)NCc2c(NC)cccc21. The van der Waals surface area contributed by atoms with E-state index >= 15 is 0 Å². The van der Waals surface area contributed by atoms with Gasteiger partial charge >= 0.3 is 6.03 Å². The number of urea groups is 1. The average Bonchev–Trinajstić information content (AvgIpc) is 2.28. The van der Waals surface area contributed by atoms with Gasteiger partial charge in [0.1, 0.15) is 0 Å². The summed E-state index contributed by atoms with van der Waals surface area (Å²) >= 11 is 0. The summed E-state index contributed by atoms with van der Waals surface area (Å²) in [6.07, 6.45) is 0. The third-order valence-corrected chi connectivity index (χ3v) is 2.69. The summed E-state index contributed by atoms with van der Waals surface area (Å²) < 4.78 is 0. The van der Waals surface area contributed by atoms with E-state index in [4.69, 9.17) is 0 Å². The smallest absolute Gasteiger partial charge is 0.322 e. The van der Waals surface area contributed by atoms with Gasteiger partial charge in [0.2, 0.25) is 0 Å². The minimum Gasteiger partial charge on any atom is -0.388 e. The summed E-state index contributed by atoms with van der Waals surface area (Å²) in [6.45, 7) is 3.26. The molecule has 15 heavy (non-hydrogen) atoms. The number of carbonyl (C=O) groups is 1. The van der Waals surface area contributed by atoms with Crippen molar-refractivity contribution in [3.8, 4) is 0 Å². The van der Waals surface area contributed by atoms with Crippen LogP contribution in [0.3, 0.4) is 0 Å². The molecule has 0 spiro atoms. The van der Waals surface area contributed by atoms with Crippen LogP contribution in [0.25, 0.3) is 0 Å². The molecule has 0 saturated carbocycles. The molecule has 0 fully saturated rings. The summed E-state index contributed by atoms with van der Waals surface area (Å²) in [5.41, 5.74) is 3.24. The number of hydrogen-bond donors (Lipinski definition) is 2. The third kappa shape index (κ3) is 1.52. The molecule has 1 aromatic rings. The molecule has 1 aliphatic heterocycles. The molecule has 1 aromatic carbocycles. The molecule has 0 saturated heterocycles. The molecule has 0 aromatic heterocycles. The lowest BCUT2D eigenvalue weighted by atomic mass is 10.1. The van der Waals surface area contributed by atoms with Gasteiger partial charge in [0.15, 0.2) is 0 Å². The number of anilines is 2. The Kier molecular flexibility index (Phi) is 2.49. The van der Waals surface area contributed by atoms with Crippen molar-refractivity contribution in [2.75, 3.05) is 23.8 Å². The van der Waals surface area contributed by atoms with Crippen molar-refractivity contribution in [3.05, 3.63) is 23.8 Å². The van der Waals surface area contributed by atoms with Gasteiger partial charge in [-0.15, -0.1) is 0 Å². The summed E-state index contributed by atoms with van der Waals surface area (Å²) in [7, 11) is 1.89. The summed E-state index contributed by atoms with van der Waals surface area (Å²) in [4.78, 5) is 13.3. The molecule has 0 unspecified atom stereocenters. The lowest BCUT2D eigenvalue weighted by molar-refractivity contribution is 0.245. The minimum atomic E-state index is -0.0155. The second kappa shape index (κ2) is 3.81. The highest BCUT2D eigenvalue weighted by molar-refractivity contribution is 5.96. The summed E-state index contributed by atoms with van der Waals surface area (Å²) in [5.74, 6) is 0. The molecule has 2 amide bonds. The number of nitrogens with zero attached hydrogens (tertiary/aromatic N) is 1. The molecule has 0 bridgehead atoms. The second-order valence-electron chi connectivity index (χ2n) is 3.46. The molecule has 2 N–H and O–H groups in total. The summed E-state index contributed by atoms with van der Waals surface area (Å²) in [6, 6.07) is 5.95. The Morgan fingerprint density at radius 2 is 2.33 bits per heavy atom. The van der Waals surface area contributed by atoms with E-state index in [0.29, 0.717) is 13.1 Å². The molecule has 4 heteroatoms. The van der Waals surface area contributed by atoms with Gasteiger partial charge < -0.3 is 10.6 Å². The van der Waals surface area contributed by atoms with Gasteiger partial charge in [0, 0.05) is 31.4 Å². The molecule has 1 aliphatic rings. The van der Waals surface area contributed by atoms with Crippen LogP contribution in [0, 0.1) is 0 Å². The zero-order valence-corrected chi connectivity index (χ0v) is 9.00. The standard InChI is InChI=1S/C11H15N3O/c1-3-14-10-6-4-5-9(12-2)8(10)7-13-11(14)15/h4-6,12H,3,7H2,1-2H3,(H,13,15). The molecule has 0 atom stereocenters. The van der Waals surface area contributed by atoms with E-state index < -0.39 is 0 Å². The zero-order chi connectivity index (χ0) is 10.8. The fourth-order valence-corrected chi connectivity index (χ4v) is 1.93. The largest absolute Gasteiger partial charge is 0.388 e. The van der Waals surface area contributed by atoms with Crippen LogP contribution in [0.4, 0.5) is 16.2 Å². The second-order valence-corrected chi connectivity index (χ2v) is 3.46. The predicted molar refractivity (Wildman–Crippen MR) is 61.2 cm³/mol. The Balaban J connectivity index is 2.50. The highest BCUT2D eigenvalue weighted by Crippen LogP contribution is 2.29. The summed E-state index contributed by atoms with van der Waals surface area (Å²) in [5, 5.41) is 6.00. The van der Waals surface area contributed by atoms with Crippen molar-refractivity contribution in [3.63, 3.8) is 0 Å². The van der Waals surface area contributed by atoms with Crippen LogP contribution in [0.5, 0.6) is 0 Å². The van der Waals surface area contributed by atoms with E-state index in [1.807, 2.05) is 32.2 Å². The van der Waals surface area contributed by atoms with E-state index in [-0.39, 0.29) is 6.03 Å². The fourth-order valence-electron chi connectivity index (χ4n) is 1.93. The Morgan fingerprint density at radius 3 is 3.00 bits per heavy atom. The van der Waals surface area contributed by atoms with Gasteiger partial charge in [-0.05, 0) is 19.1 Å². The minimum absolute atomic E-state index is 0.0155. The Bertz CT molecular complexity index is 389. The van der Waals surface area contributed by atoms with E-state index in [9.17, 15) is 4.79 Å². The molecule has 80 valence electrons. The number of hydrogen-bond acceptors (Lipinski definition) is 2. The lowest BCUT2D eigenvalue weighted by Crippen LogP contribution is -2.44. The quantitative estimate of drug-likeness (QED) is 0.773. The van der Waals surface area contributed by atoms with Crippen molar-refractivity contribution >= 4 is 17.4 Å². The first kappa shape index (κ1) is 9.83. The van der Waals surface area contributed by atoms with Crippen LogP contribution in [-0.2, 0) is 6.54 Å². The predicted octanol–water partition coefficient (Wildman–Crippen LogP) is 1.78. The van der Waals surface area contributed by atoms with E-state index in [1.165, 1.54) is 0 Å². The number of carbonyl (C=O) groups excluding carboxylic acids is 1. The molecule has 0 radical (unpaired) electrons. The first-order valence-corrected chi connectivity index (χ1v) is 5.13. The van der Waals surface area contributed by atoms with Crippen molar-refractivity contribution in [2.24, 2.45) is 0 Å². The Labute approximate surface area is 89.3 Å². The first-order chi connectivity index (χ1) is 7.27. The zero-order valence-electron chi connectivity index (χ0n) is 9.00. The van der Waals surface area contributed by atoms with Crippen LogP contribution < -0.4 is 15.5 Å². The van der Waals surface area contributed by atoms with Crippen molar-refractivity contribution in [2.45, 2.75) is 13.5 Å². The average molecular weight is 205 g/mol. The monoisotopic (exact) mass is 205 g/mol. The van der Waals surface area contributed by atoms with Crippen LogP contribution in [0.2, 0.25) is 0 Å². The molecule has 0 aliphatic carbocycles. The van der Waals surface area contributed by atoms with Crippen molar-refractivity contribution in [1.82, 2.24) is 5.32 Å². The van der Waals surface area contributed by atoms with Crippen LogP contribution >= 0.6 is 0 Å². The maximum absolute atomic E-state index is 11.6. The van der Waals surface area contributed by atoms with Gasteiger partial charge in [0.25, 0.3) is 0 Å². The molecule has 4 nitrogen and oxygen atoms in total. The van der Waals surface area contributed by atoms with E-state index in [1.54, 1.807) is 4.90 Å². The van der Waals surface area contributed by atoms with Crippen LogP contribution in [0.1, 0.15) is 12.5 Å². The van der Waals surface area contributed by atoms with Crippen molar-refractivity contribution < 1.29 is 4.79 Å². The van der Waals surface area contributed by atoms with Gasteiger partial charge in [-0.1, -0.05) is 6.07 Å². The normalized spacial score (nSPS) is 14.5. The molecular formula is C11H15N3O. The molecular weight excluding hydrogens is 190 g/mol. The van der Waals surface area contributed by atoms with E-state index in [0.717, 1.165) is 16.9 Å². The highest BCUT2D eigenvalue weighted by Gasteiger charge is 2.23. The topological polar surface area (TPSA) is 44.4 Å². The van der Waals surface area contributed by atoms with Gasteiger partial charge in [-0.25, -0.2) is 4.79 Å². The van der Waals surface area contributed by atoms with Crippen molar-refractivity contribution in [1.29, 1.82) is 0 Å². The first-order valence-electron chi connectivity index (χ1n) is 5.13. The molecule has 2 rings (SSSR count). The number of nitrogens with one attached hydrogen (secondary N) is 2. The maximum atomic E-state index is 11.6. The van der Waals surface area contributed by atoms with Gasteiger partial charge in [-0.2, -0.15) is 0 Å². The van der Waals surface area contributed by atoms with Gasteiger partial charge in [0.05, 0.1) is 5.69 Å². The number of benzene rings is 1. The third-order valence-electron chi connectivity index (χ3n) is 2.69. The van der Waals surface area contributed by atoms with E-state index in [2.05, 4.69) is 10.6 Å². The van der Waals surface area contributed by atoms with Crippen LogP contribution in [0.15, 0.2) is 18.2 Å². The fraction of sp³-hybridized carbons (Fsp3) is 0.364. The Hall–Kier alpha value is -1.71. The number of amides is 2. The Morgan fingerprint density at radius 1 is 1.53 bits per heavy atom.